The Morgan fingerprint density at radius 1 is 1.40 bits per heavy atom. The van der Waals surface area contributed by atoms with Gasteiger partial charge in [-0.05, 0) is 23.8 Å². The van der Waals surface area contributed by atoms with Crippen LogP contribution in [-0.4, -0.2) is 17.9 Å². The predicted molar refractivity (Wildman–Crippen MR) is 77.5 cm³/mol. The maximum Gasteiger partial charge on any atom is 0.238 e. The second kappa shape index (κ2) is 6.36. The number of aromatic nitrogens is 1. The Hall–Kier alpha value is -2.11. The zero-order valence-corrected chi connectivity index (χ0v) is 11.6. The fraction of sp³-hybridized carbons (Fsp3) is 0.143. The fourth-order valence-corrected chi connectivity index (χ4v) is 1.93. The third-order valence-electron chi connectivity index (χ3n) is 2.57. The quantitative estimate of drug-likeness (QED) is 0.655. The molecule has 1 aromatic carbocycles. The van der Waals surface area contributed by atoms with E-state index in [0.717, 1.165) is 5.56 Å². The first-order valence-electron chi connectivity index (χ1n) is 5.86. The molecule has 3 N–H and O–H groups in total. The van der Waals surface area contributed by atoms with Crippen LogP contribution in [0.2, 0.25) is 5.02 Å². The van der Waals surface area contributed by atoms with Crippen LogP contribution in [0, 0.1) is 5.41 Å². The van der Waals surface area contributed by atoms with E-state index in [4.69, 9.17) is 32.2 Å². The number of benzene rings is 1. The van der Waals surface area contributed by atoms with Crippen LogP contribution < -0.4 is 10.5 Å². The Kier molecular flexibility index (Phi) is 4.55. The lowest BCUT2D eigenvalue weighted by atomic mass is 10.2. The van der Waals surface area contributed by atoms with Crippen LogP contribution in [0.3, 0.4) is 0 Å². The second-order valence-corrected chi connectivity index (χ2v) is 4.45. The highest BCUT2D eigenvalue weighted by molar-refractivity contribution is 6.35. The summed E-state index contributed by atoms with van der Waals surface area (Å²) < 4.78 is 10.7. The van der Waals surface area contributed by atoms with Crippen LogP contribution in [0.15, 0.2) is 36.5 Å². The minimum atomic E-state index is -0.129. The number of pyridine rings is 1. The zero-order chi connectivity index (χ0) is 14.5. The summed E-state index contributed by atoms with van der Waals surface area (Å²) in [6, 6.07) is 8.97. The molecule has 0 spiro atoms. The maximum atomic E-state index is 7.43. The monoisotopic (exact) mass is 291 g/mol. The zero-order valence-electron chi connectivity index (χ0n) is 10.9. The second-order valence-electron chi connectivity index (χ2n) is 4.07. The summed E-state index contributed by atoms with van der Waals surface area (Å²) in [6.45, 7) is 0.492. The van der Waals surface area contributed by atoms with Crippen molar-refractivity contribution in [1.82, 2.24) is 4.98 Å². The van der Waals surface area contributed by atoms with Crippen LogP contribution >= 0.6 is 11.6 Å². The molecule has 104 valence electrons. The number of nitrogens with zero attached hydrogens (tertiary/aromatic N) is 1. The van der Waals surface area contributed by atoms with Crippen molar-refractivity contribution in [3.05, 3.63) is 52.7 Å². The first-order chi connectivity index (χ1) is 9.61. The van der Waals surface area contributed by atoms with Gasteiger partial charge in [0.25, 0.3) is 0 Å². The van der Waals surface area contributed by atoms with Crippen molar-refractivity contribution in [1.29, 1.82) is 5.41 Å². The van der Waals surface area contributed by atoms with Crippen LogP contribution in [-0.2, 0) is 11.3 Å². The van der Waals surface area contributed by atoms with Gasteiger partial charge in [0.15, 0.2) is 0 Å². The molecule has 0 atom stereocenters. The number of amidine groups is 1. The van der Waals surface area contributed by atoms with E-state index in [2.05, 4.69) is 4.98 Å². The Balaban J connectivity index is 2.28. The molecule has 6 heteroatoms. The molecule has 0 fully saturated rings. The molecule has 2 rings (SSSR count). The molecule has 0 radical (unpaired) electrons. The molecule has 0 saturated heterocycles. The molecule has 20 heavy (non-hydrogen) atoms. The Morgan fingerprint density at radius 3 is 2.90 bits per heavy atom. The Labute approximate surface area is 121 Å². The number of nitrogens with one attached hydrogen (secondary N) is 1. The number of methoxy groups -OCH3 is 1. The summed E-state index contributed by atoms with van der Waals surface area (Å²) in [7, 11) is 1.63. The van der Waals surface area contributed by atoms with Crippen molar-refractivity contribution in [3.8, 4) is 11.6 Å². The molecule has 5 nitrogen and oxygen atoms in total. The number of halogens is 1. The Morgan fingerprint density at radius 2 is 2.20 bits per heavy atom. The van der Waals surface area contributed by atoms with E-state index < -0.39 is 0 Å². The molecule has 0 aliphatic heterocycles. The van der Waals surface area contributed by atoms with Gasteiger partial charge in [-0.3, -0.25) is 5.41 Å². The van der Waals surface area contributed by atoms with Crippen LogP contribution in [0.4, 0.5) is 0 Å². The highest BCUT2D eigenvalue weighted by Crippen LogP contribution is 2.29. The van der Waals surface area contributed by atoms with Gasteiger partial charge in [-0.25, -0.2) is 4.98 Å². The molecule has 0 aliphatic rings. The van der Waals surface area contributed by atoms with Gasteiger partial charge in [0, 0.05) is 18.9 Å². The summed E-state index contributed by atoms with van der Waals surface area (Å²) in [4.78, 5) is 4.05. The number of rotatable bonds is 5. The fourth-order valence-electron chi connectivity index (χ4n) is 1.68. The summed E-state index contributed by atoms with van der Waals surface area (Å²) >= 11 is 6.12. The lowest BCUT2D eigenvalue weighted by Crippen LogP contribution is -2.12. The van der Waals surface area contributed by atoms with Gasteiger partial charge in [0.2, 0.25) is 5.88 Å². The highest BCUT2D eigenvalue weighted by atomic mass is 35.5. The van der Waals surface area contributed by atoms with E-state index in [9.17, 15) is 0 Å². The van der Waals surface area contributed by atoms with Gasteiger partial charge in [0.1, 0.15) is 16.6 Å². The molecular weight excluding hydrogens is 278 g/mol. The SMILES string of the molecule is COCc1cccc(Oc2nccc(C(=N)N)c2Cl)c1. The summed E-state index contributed by atoms with van der Waals surface area (Å²) in [6.07, 6.45) is 1.50. The van der Waals surface area contributed by atoms with E-state index in [1.54, 1.807) is 19.2 Å². The smallest absolute Gasteiger partial charge is 0.238 e. The van der Waals surface area contributed by atoms with Crippen molar-refractivity contribution >= 4 is 17.4 Å². The van der Waals surface area contributed by atoms with E-state index in [1.165, 1.54) is 6.20 Å². The number of hydrogen-bond donors (Lipinski definition) is 2. The normalized spacial score (nSPS) is 10.3. The van der Waals surface area contributed by atoms with Gasteiger partial charge >= 0.3 is 0 Å². The summed E-state index contributed by atoms with van der Waals surface area (Å²) in [5.74, 6) is 0.680. The number of nitrogens with two attached hydrogens (primary N) is 1. The average molecular weight is 292 g/mol. The third kappa shape index (κ3) is 3.26. The highest BCUT2D eigenvalue weighted by Gasteiger charge is 2.11. The lowest BCUT2D eigenvalue weighted by molar-refractivity contribution is 0.184. The summed E-state index contributed by atoms with van der Waals surface area (Å²) in [5.41, 5.74) is 6.81. The lowest BCUT2D eigenvalue weighted by Gasteiger charge is -2.10. The van der Waals surface area contributed by atoms with Crippen molar-refractivity contribution < 1.29 is 9.47 Å². The molecule has 0 aliphatic carbocycles. The minimum Gasteiger partial charge on any atom is -0.438 e. The van der Waals surface area contributed by atoms with Crippen LogP contribution in [0.1, 0.15) is 11.1 Å². The first-order valence-corrected chi connectivity index (χ1v) is 6.24. The largest absolute Gasteiger partial charge is 0.438 e. The van der Waals surface area contributed by atoms with Gasteiger partial charge in [-0.15, -0.1) is 0 Å². The van der Waals surface area contributed by atoms with Crippen molar-refractivity contribution in [2.24, 2.45) is 5.73 Å². The van der Waals surface area contributed by atoms with Gasteiger partial charge in [-0.2, -0.15) is 0 Å². The number of ether oxygens (including phenoxy) is 2. The molecular formula is C14H14ClN3O2. The first kappa shape index (κ1) is 14.3. The summed E-state index contributed by atoms with van der Waals surface area (Å²) in [5, 5.41) is 7.65. The van der Waals surface area contributed by atoms with Crippen molar-refractivity contribution in [2.75, 3.05) is 7.11 Å². The average Bonchev–Trinajstić information content (AvgIpc) is 2.42. The van der Waals surface area contributed by atoms with Crippen LogP contribution in [0.5, 0.6) is 11.6 Å². The number of hydrogen-bond acceptors (Lipinski definition) is 4. The van der Waals surface area contributed by atoms with Gasteiger partial charge < -0.3 is 15.2 Å². The van der Waals surface area contributed by atoms with E-state index in [1.807, 2.05) is 18.2 Å². The van der Waals surface area contributed by atoms with E-state index in [0.29, 0.717) is 17.9 Å². The standard InChI is InChI=1S/C14H14ClN3O2/c1-19-8-9-3-2-4-10(7-9)20-14-12(15)11(13(16)17)5-6-18-14/h2-7H,8H2,1H3,(H3,16,17). The predicted octanol–water partition coefficient (Wildman–Crippen LogP) is 2.96. The molecule has 0 bridgehead atoms. The molecule has 1 heterocycles. The van der Waals surface area contributed by atoms with E-state index >= 15 is 0 Å². The third-order valence-corrected chi connectivity index (χ3v) is 2.94. The molecule has 0 amide bonds. The van der Waals surface area contributed by atoms with E-state index in [-0.39, 0.29) is 16.7 Å². The van der Waals surface area contributed by atoms with Gasteiger partial charge in [-0.1, -0.05) is 23.7 Å². The van der Waals surface area contributed by atoms with Crippen LogP contribution in [0.25, 0.3) is 0 Å². The molecule has 0 saturated carbocycles. The minimum absolute atomic E-state index is 0.129. The maximum absolute atomic E-state index is 7.43. The molecule has 1 aromatic heterocycles. The molecule has 2 aromatic rings. The topological polar surface area (TPSA) is 81.2 Å². The number of nitrogen functional groups attached to an aromatic ring is 1. The van der Waals surface area contributed by atoms with Crippen molar-refractivity contribution in [2.45, 2.75) is 6.61 Å². The van der Waals surface area contributed by atoms with Crippen molar-refractivity contribution in [3.63, 3.8) is 0 Å². The molecule has 0 unspecified atom stereocenters. The Bertz CT molecular complexity index is 632. The van der Waals surface area contributed by atoms with Gasteiger partial charge in [0.05, 0.1) is 6.61 Å².